The van der Waals surface area contributed by atoms with Gasteiger partial charge in [-0.2, -0.15) is 18.4 Å². The van der Waals surface area contributed by atoms with Crippen LogP contribution in [0.5, 0.6) is 0 Å². The number of nitriles is 1. The molecule has 0 radical (unpaired) electrons. The molecule has 0 aliphatic rings. The maximum Gasteiger partial charge on any atom is 0.416 e. The molecule has 80 valence electrons. The fraction of sp³-hybridized carbons (Fsp3) is 0.300. The summed E-state index contributed by atoms with van der Waals surface area (Å²) >= 11 is 5.55. The maximum absolute atomic E-state index is 12.2. The van der Waals surface area contributed by atoms with E-state index in [-0.39, 0.29) is 6.42 Å². The van der Waals surface area contributed by atoms with Crippen molar-refractivity contribution in [2.75, 3.05) is 0 Å². The first-order valence-corrected chi connectivity index (χ1v) is 4.57. The normalized spacial score (nSPS) is 13.3. The maximum atomic E-state index is 12.2. The zero-order valence-electron chi connectivity index (χ0n) is 7.55. The average Bonchev–Trinajstić information content (AvgIpc) is 2.17. The molecule has 0 amide bonds. The van der Waals surface area contributed by atoms with E-state index in [4.69, 9.17) is 16.9 Å². The van der Waals surface area contributed by atoms with E-state index in [0.717, 1.165) is 12.1 Å². The topological polar surface area (TPSA) is 23.8 Å². The molecule has 1 unspecified atom stereocenters. The monoisotopic (exact) mass is 233 g/mol. The molecule has 5 heteroatoms. The van der Waals surface area contributed by atoms with Gasteiger partial charge >= 0.3 is 6.18 Å². The lowest BCUT2D eigenvalue weighted by Crippen LogP contribution is -2.05. The van der Waals surface area contributed by atoms with Crippen LogP contribution >= 0.6 is 11.6 Å². The van der Waals surface area contributed by atoms with Crippen molar-refractivity contribution in [3.63, 3.8) is 0 Å². The van der Waals surface area contributed by atoms with E-state index < -0.39 is 17.1 Å². The van der Waals surface area contributed by atoms with Crippen LogP contribution in [-0.2, 0) is 12.6 Å². The van der Waals surface area contributed by atoms with Crippen LogP contribution in [0.1, 0.15) is 11.1 Å². The van der Waals surface area contributed by atoms with Crippen LogP contribution in [0.15, 0.2) is 24.3 Å². The summed E-state index contributed by atoms with van der Waals surface area (Å²) in [5.74, 6) is 0. The van der Waals surface area contributed by atoms with E-state index in [1.165, 1.54) is 12.1 Å². The molecule has 1 aromatic rings. The Labute approximate surface area is 90.1 Å². The Bertz CT molecular complexity index is 364. The van der Waals surface area contributed by atoms with Crippen molar-refractivity contribution in [2.45, 2.75) is 18.0 Å². The number of benzene rings is 1. The predicted molar refractivity (Wildman–Crippen MR) is 50.4 cm³/mol. The smallest absolute Gasteiger partial charge is 0.197 e. The lowest BCUT2D eigenvalue weighted by molar-refractivity contribution is -0.137. The summed E-state index contributed by atoms with van der Waals surface area (Å²) < 4.78 is 36.5. The Kier molecular flexibility index (Phi) is 3.59. The predicted octanol–water partition coefficient (Wildman–Crippen LogP) is 3.38. The Morgan fingerprint density at radius 1 is 1.27 bits per heavy atom. The van der Waals surface area contributed by atoms with Gasteiger partial charge in [0.25, 0.3) is 0 Å². The second-order valence-corrected chi connectivity index (χ2v) is 3.52. The number of alkyl halides is 4. The molecule has 15 heavy (non-hydrogen) atoms. The van der Waals surface area contributed by atoms with Crippen LogP contribution < -0.4 is 0 Å². The largest absolute Gasteiger partial charge is 0.416 e. The van der Waals surface area contributed by atoms with Gasteiger partial charge in [0.1, 0.15) is 5.38 Å². The average molecular weight is 234 g/mol. The summed E-state index contributed by atoms with van der Waals surface area (Å²) in [6, 6.07) is 6.42. The zero-order chi connectivity index (χ0) is 11.5. The lowest BCUT2D eigenvalue weighted by Gasteiger charge is -2.07. The van der Waals surface area contributed by atoms with E-state index >= 15 is 0 Å². The molecule has 1 aromatic carbocycles. The molecule has 0 spiro atoms. The second kappa shape index (κ2) is 4.54. The standard InChI is InChI=1S/C10H7ClF3N/c11-9(6-15)5-7-1-3-8(4-2-7)10(12,13)14/h1-4,9H,5H2. The van der Waals surface area contributed by atoms with Crippen LogP contribution in [0.3, 0.4) is 0 Å². The van der Waals surface area contributed by atoms with Crippen molar-refractivity contribution in [1.82, 2.24) is 0 Å². The van der Waals surface area contributed by atoms with E-state index in [0.29, 0.717) is 5.56 Å². The molecule has 0 aliphatic heterocycles. The fourth-order valence-electron chi connectivity index (χ4n) is 1.08. The van der Waals surface area contributed by atoms with Crippen LogP contribution in [0.2, 0.25) is 0 Å². The van der Waals surface area contributed by atoms with Gasteiger partial charge in [-0.25, -0.2) is 0 Å². The van der Waals surface area contributed by atoms with Crippen molar-refractivity contribution in [1.29, 1.82) is 5.26 Å². The molecular formula is C10H7ClF3N. The van der Waals surface area contributed by atoms with E-state index in [1.807, 2.05) is 0 Å². The lowest BCUT2D eigenvalue weighted by atomic mass is 10.1. The third-order valence-corrected chi connectivity index (χ3v) is 2.09. The highest BCUT2D eigenvalue weighted by atomic mass is 35.5. The van der Waals surface area contributed by atoms with Gasteiger partial charge in [0.2, 0.25) is 0 Å². The second-order valence-electron chi connectivity index (χ2n) is 3.00. The molecule has 0 saturated heterocycles. The van der Waals surface area contributed by atoms with Gasteiger partial charge in [-0.15, -0.1) is 11.6 Å². The van der Waals surface area contributed by atoms with Crippen molar-refractivity contribution in [2.24, 2.45) is 0 Å². The molecule has 0 N–H and O–H groups in total. The Hall–Kier alpha value is -1.21. The van der Waals surface area contributed by atoms with Gasteiger partial charge in [-0.1, -0.05) is 12.1 Å². The molecule has 0 fully saturated rings. The fourth-order valence-corrected chi connectivity index (χ4v) is 1.26. The summed E-state index contributed by atoms with van der Waals surface area (Å²) in [5, 5.41) is 7.71. The van der Waals surface area contributed by atoms with E-state index in [9.17, 15) is 13.2 Å². The van der Waals surface area contributed by atoms with Crippen molar-refractivity contribution < 1.29 is 13.2 Å². The summed E-state index contributed by atoms with van der Waals surface area (Å²) in [7, 11) is 0. The number of halogens is 4. The van der Waals surface area contributed by atoms with Crippen molar-refractivity contribution in [3.8, 4) is 6.07 Å². The highest BCUT2D eigenvalue weighted by Gasteiger charge is 2.29. The number of nitrogens with zero attached hydrogens (tertiary/aromatic N) is 1. The third-order valence-electron chi connectivity index (χ3n) is 1.84. The summed E-state index contributed by atoms with van der Waals surface area (Å²) in [5.41, 5.74) is -0.0844. The van der Waals surface area contributed by atoms with Gasteiger partial charge < -0.3 is 0 Å². The molecule has 1 atom stereocenters. The Morgan fingerprint density at radius 2 is 1.80 bits per heavy atom. The Balaban J connectivity index is 2.78. The number of hydrogen-bond donors (Lipinski definition) is 0. The van der Waals surface area contributed by atoms with Gasteiger partial charge in [-0.05, 0) is 17.7 Å². The van der Waals surface area contributed by atoms with Gasteiger partial charge in [0, 0.05) is 6.42 Å². The molecule has 1 rings (SSSR count). The summed E-state index contributed by atoms with van der Waals surface area (Å²) in [6.45, 7) is 0. The quantitative estimate of drug-likeness (QED) is 0.719. The first kappa shape index (κ1) is 11.9. The minimum Gasteiger partial charge on any atom is -0.197 e. The van der Waals surface area contributed by atoms with Crippen LogP contribution in [0.4, 0.5) is 13.2 Å². The van der Waals surface area contributed by atoms with Crippen LogP contribution in [-0.4, -0.2) is 5.38 Å². The van der Waals surface area contributed by atoms with E-state index in [2.05, 4.69) is 0 Å². The first-order chi connectivity index (χ1) is 6.93. The van der Waals surface area contributed by atoms with Crippen LogP contribution in [0.25, 0.3) is 0 Å². The zero-order valence-corrected chi connectivity index (χ0v) is 8.31. The molecule has 0 heterocycles. The SMILES string of the molecule is N#CC(Cl)Cc1ccc(C(F)(F)F)cc1. The Morgan fingerprint density at radius 3 is 2.20 bits per heavy atom. The first-order valence-electron chi connectivity index (χ1n) is 4.13. The van der Waals surface area contributed by atoms with Gasteiger partial charge in [0.05, 0.1) is 11.6 Å². The molecule has 0 aliphatic carbocycles. The number of hydrogen-bond acceptors (Lipinski definition) is 1. The molecular weight excluding hydrogens is 227 g/mol. The summed E-state index contributed by atoms with van der Waals surface area (Å²) in [6.07, 6.45) is -4.08. The molecule has 0 bridgehead atoms. The van der Waals surface area contributed by atoms with E-state index in [1.54, 1.807) is 6.07 Å². The van der Waals surface area contributed by atoms with Gasteiger partial charge in [0.15, 0.2) is 0 Å². The highest BCUT2D eigenvalue weighted by Crippen LogP contribution is 2.29. The minimum atomic E-state index is -4.33. The molecule has 1 nitrogen and oxygen atoms in total. The minimum absolute atomic E-state index is 0.246. The molecule has 0 aromatic heterocycles. The summed E-state index contributed by atoms with van der Waals surface area (Å²) in [4.78, 5) is 0. The number of rotatable bonds is 2. The van der Waals surface area contributed by atoms with Gasteiger partial charge in [-0.3, -0.25) is 0 Å². The highest BCUT2D eigenvalue weighted by molar-refractivity contribution is 6.22. The van der Waals surface area contributed by atoms with Crippen molar-refractivity contribution >= 4 is 11.6 Å². The van der Waals surface area contributed by atoms with Crippen molar-refractivity contribution in [3.05, 3.63) is 35.4 Å². The van der Waals surface area contributed by atoms with Crippen LogP contribution in [0, 0.1) is 11.3 Å². The third kappa shape index (κ3) is 3.45. The molecule has 0 saturated carbocycles.